The standard InChI is InChI=1S/C14H18FNO/c1-17-14-7-6-11(15)9-13(14)10-4-2-3-5-12(16)8-10/h6-9,12H,2-5,16H2,1H3. The van der Waals surface area contributed by atoms with E-state index in [1.807, 2.05) is 6.08 Å². The van der Waals surface area contributed by atoms with E-state index in [0.717, 1.165) is 36.8 Å². The van der Waals surface area contributed by atoms with Crippen LogP contribution in [0.4, 0.5) is 4.39 Å². The minimum atomic E-state index is -0.237. The number of rotatable bonds is 2. The van der Waals surface area contributed by atoms with Crippen LogP contribution in [0.2, 0.25) is 0 Å². The molecule has 0 fully saturated rings. The number of ether oxygens (including phenoxy) is 1. The molecule has 1 atom stereocenters. The van der Waals surface area contributed by atoms with E-state index in [1.165, 1.54) is 12.1 Å². The van der Waals surface area contributed by atoms with Gasteiger partial charge in [-0.25, -0.2) is 4.39 Å². The van der Waals surface area contributed by atoms with Gasteiger partial charge in [-0.2, -0.15) is 0 Å². The zero-order valence-corrected chi connectivity index (χ0v) is 10.1. The molecule has 0 heterocycles. The molecule has 0 bridgehead atoms. The van der Waals surface area contributed by atoms with Gasteiger partial charge in [0.1, 0.15) is 11.6 Å². The van der Waals surface area contributed by atoms with E-state index >= 15 is 0 Å². The van der Waals surface area contributed by atoms with Crippen molar-refractivity contribution in [1.82, 2.24) is 0 Å². The second-order valence-corrected chi connectivity index (χ2v) is 4.45. The van der Waals surface area contributed by atoms with Crippen LogP contribution in [0, 0.1) is 5.82 Å². The molecule has 1 aromatic rings. The maximum Gasteiger partial charge on any atom is 0.126 e. The third-order valence-electron chi connectivity index (χ3n) is 3.16. The van der Waals surface area contributed by atoms with Gasteiger partial charge in [-0.3, -0.25) is 0 Å². The molecule has 0 aromatic heterocycles. The molecule has 0 saturated heterocycles. The van der Waals surface area contributed by atoms with E-state index in [1.54, 1.807) is 13.2 Å². The van der Waals surface area contributed by atoms with Crippen LogP contribution in [0.1, 0.15) is 31.2 Å². The first-order valence-electron chi connectivity index (χ1n) is 6.01. The fraction of sp³-hybridized carbons (Fsp3) is 0.429. The van der Waals surface area contributed by atoms with Gasteiger partial charge in [0.2, 0.25) is 0 Å². The summed E-state index contributed by atoms with van der Waals surface area (Å²) in [7, 11) is 1.61. The maximum absolute atomic E-state index is 13.3. The molecule has 0 amide bonds. The van der Waals surface area contributed by atoms with Crippen LogP contribution in [0.3, 0.4) is 0 Å². The molecular weight excluding hydrogens is 217 g/mol. The molecule has 3 heteroatoms. The molecule has 0 aliphatic heterocycles. The van der Waals surface area contributed by atoms with Crippen molar-refractivity contribution < 1.29 is 9.13 Å². The molecule has 0 saturated carbocycles. The highest BCUT2D eigenvalue weighted by Crippen LogP contribution is 2.32. The Hall–Kier alpha value is -1.35. The number of benzene rings is 1. The Morgan fingerprint density at radius 3 is 2.94 bits per heavy atom. The smallest absolute Gasteiger partial charge is 0.126 e. The maximum atomic E-state index is 13.3. The lowest BCUT2D eigenvalue weighted by molar-refractivity contribution is 0.412. The fourth-order valence-corrected chi connectivity index (χ4v) is 2.28. The number of nitrogens with two attached hydrogens (primary N) is 1. The molecule has 92 valence electrons. The van der Waals surface area contributed by atoms with Crippen molar-refractivity contribution in [3.05, 3.63) is 35.7 Å². The number of halogens is 1. The van der Waals surface area contributed by atoms with Gasteiger partial charge >= 0.3 is 0 Å². The first kappa shape index (κ1) is 12.1. The van der Waals surface area contributed by atoms with Crippen molar-refractivity contribution in [3.8, 4) is 5.75 Å². The summed E-state index contributed by atoms with van der Waals surface area (Å²) in [6, 6.07) is 4.69. The van der Waals surface area contributed by atoms with Gasteiger partial charge in [0.15, 0.2) is 0 Å². The highest BCUT2D eigenvalue weighted by Gasteiger charge is 2.14. The average Bonchev–Trinajstić information content (AvgIpc) is 2.54. The lowest BCUT2D eigenvalue weighted by Gasteiger charge is -2.12. The van der Waals surface area contributed by atoms with E-state index in [2.05, 4.69) is 0 Å². The molecular formula is C14H18FNO. The number of hydrogen-bond donors (Lipinski definition) is 1. The Balaban J connectivity index is 2.40. The van der Waals surface area contributed by atoms with Gasteiger partial charge in [-0.1, -0.05) is 12.5 Å². The number of methoxy groups -OCH3 is 1. The van der Waals surface area contributed by atoms with E-state index in [-0.39, 0.29) is 11.9 Å². The lowest BCUT2D eigenvalue weighted by atomic mass is 10.00. The summed E-state index contributed by atoms with van der Waals surface area (Å²) in [4.78, 5) is 0. The van der Waals surface area contributed by atoms with Crippen LogP contribution in [0.15, 0.2) is 24.3 Å². The molecule has 0 radical (unpaired) electrons. The fourth-order valence-electron chi connectivity index (χ4n) is 2.28. The van der Waals surface area contributed by atoms with Crippen LogP contribution in [-0.4, -0.2) is 13.2 Å². The summed E-state index contributed by atoms with van der Waals surface area (Å²) in [5, 5.41) is 0. The molecule has 1 unspecified atom stereocenters. The zero-order chi connectivity index (χ0) is 12.3. The third-order valence-corrected chi connectivity index (χ3v) is 3.16. The second kappa shape index (κ2) is 5.32. The molecule has 17 heavy (non-hydrogen) atoms. The van der Waals surface area contributed by atoms with Crippen LogP contribution in [0.5, 0.6) is 5.75 Å². The minimum Gasteiger partial charge on any atom is -0.496 e. The Kier molecular flexibility index (Phi) is 3.79. The average molecular weight is 235 g/mol. The SMILES string of the molecule is COc1ccc(F)cc1C1=CC(N)CCCC1. The van der Waals surface area contributed by atoms with Crippen molar-refractivity contribution in [2.75, 3.05) is 7.11 Å². The van der Waals surface area contributed by atoms with Crippen molar-refractivity contribution in [2.24, 2.45) is 5.73 Å². The Morgan fingerprint density at radius 2 is 2.18 bits per heavy atom. The minimum absolute atomic E-state index is 0.0699. The monoisotopic (exact) mass is 235 g/mol. The number of allylic oxidation sites excluding steroid dienone is 1. The molecule has 1 aliphatic rings. The van der Waals surface area contributed by atoms with Crippen molar-refractivity contribution >= 4 is 5.57 Å². The summed E-state index contributed by atoms with van der Waals surface area (Å²) in [6.45, 7) is 0. The Morgan fingerprint density at radius 1 is 1.35 bits per heavy atom. The quantitative estimate of drug-likeness (QED) is 0.854. The highest BCUT2D eigenvalue weighted by molar-refractivity contribution is 5.71. The predicted molar refractivity (Wildman–Crippen MR) is 67.4 cm³/mol. The second-order valence-electron chi connectivity index (χ2n) is 4.45. The van der Waals surface area contributed by atoms with Crippen molar-refractivity contribution in [1.29, 1.82) is 0 Å². The van der Waals surface area contributed by atoms with Gasteiger partial charge in [0.05, 0.1) is 7.11 Å². The molecule has 0 spiro atoms. The Labute approximate surface area is 101 Å². The summed E-state index contributed by atoms with van der Waals surface area (Å²) in [5.41, 5.74) is 7.92. The highest BCUT2D eigenvalue weighted by atomic mass is 19.1. The van der Waals surface area contributed by atoms with Gasteiger partial charge in [-0.15, -0.1) is 0 Å². The van der Waals surface area contributed by atoms with Crippen molar-refractivity contribution in [2.45, 2.75) is 31.7 Å². The van der Waals surface area contributed by atoms with Crippen LogP contribution in [-0.2, 0) is 0 Å². The van der Waals surface area contributed by atoms with E-state index in [0.29, 0.717) is 5.75 Å². The van der Waals surface area contributed by atoms with Crippen LogP contribution in [0.25, 0.3) is 5.57 Å². The van der Waals surface area contributed by atoms with Gasteiger partial charge in [-0.05, 0) is 43.0 Å². The van der Waals surface area contributed by atoms with Gasteiger partial charge < -0.3 is 10.5 Å². The van der Waals surface area contributed by atoms with E-state index < -0.39 is 0 Å². The molecule has 2 rings (SSSR count). The topological polar surface area (TPSA) is 35.2 Å². The van der Waals surface area contributed by atoms with Crippen LogP contribution >= 0.6 is 0 Å². The molecule has 2 nitrogen and oxygen atoms in total. The van der Waals surface area contributed by atoms with Gasteiger partial charge in [0.25, 0.3) is 0 Å². The third kappa shape index (κ3) is 2.86. The summed E-state index contributed by atoms with van der Waals surface area (Å²) in [5.74, 6) is 0.478. The van der Waals surface area contributed by atoms with Crippen LogP contribution < -0.4 is 10.5 Å². The molecule has 1 aromatic carbocycles. The zero-order valence-electron chi connectivity index (χ0n) is 10.1. The summed E-state index contributed by atoms with van der Waals surface area (Å²) < 4.78 is 18.6. The predicted octanol–water partition coefficient (Wildman–Crippen LogP) is 3.12. The Bertz CT molecular complexity index is 428. The van der Waals surface area contributed by atoms with Gasteiger partial charge in [0, 0.05) is 11.6 Å². The molecule has 2 N–H and O–H groups in total. The van der Waals surface area contributed by atoms with E-state index in [4.69, 9.17) is 10.5 Å². The first-order valence-corrected chi connectivity index (χ1v) is 6.01. The summed E-state index contributed by atoms with van der Waals surface area (Å²) >= 11 is 0. The first-order chi connectivity index (χ1) is 8.20. The normalized spacial score (nSPS) is 20.6. The number of hydrogen-bond acceptors (Lipinski definition) is 2. The largest absolute Gasteiger partial charge is 0.496 e. The molecule has 1 aliphatic carbocycles. The van der Waals surface area contributed by atoms with Crippen molar-refractivity contribution in [3.63, 3.8) is 0 Å². The summed E-state index contributed by atoms with van der Waals surface area (Å²) in [6.07, 6.45) is 6.21. The lowest BCUT2D eigenvalue weighted by Crippen LogP contribution is -2.15. The van der Waals surface area contributed by atoms with E-state index in [9.17, 15) is 4.39 Å².